The Morgan fingerprint density at radius 1 is 1.26 bits per heavy atom. The Morgan fingerprint density at radius 2 is 1.91 bits per heavy atom. The maximum Gasteiger partial charge on any atom is 0.337 e. The number of rotatable bonds is 5. The zero-order chi connectivity index (χ0) is 17.2. The van der Waals surface area contributed by atoms with Crippen LogP contribution in [0.5, 0.6) is 5.75 Å². The molecule has 2 aromatic carbocycles. The van der Waals surface area contributed by atoms with E-state index >= 15 is 0 Å². The van der Waals surface area contributed by atoms with Gasteiger partial charge in [0, 0.05) is 5.02 Å². The average molecular weight is 356 g/mol. The van der Waals surface area contributed by atoms with Crippen molar-refractivity contribution in [1.82, 2.24) is 0 Å². The number of hydrogen-bond donors (Lipinski definition) is 2. The molecule has 0 atom stereocenters. The highest BCUT2D eigenvalue weighted by Gasteiger charge is 2.23. The number of ether oxygens (including phenoxy) is 1. The van der Waals surface area contributed by atoms with E-state index in [-0.39, 0.29) is 26.9 Å². The van der Waals surface area contributed by atoms with Crippen molar-refractivity contribution in [3.63, 3.8) is 0 Å². The van der Waals surface area contributed by atoms with Crippen molar-refractivity contribution in [3.05, 3.63) is 52.5 Å². The summed E-state index contributed by atoms with van der Waals surface area (Å²) in [5, 5.41) is 9.40. The molecule has 0 bridgehead atoms. The van der Waals surface area contributed by atoms with E-state index in [1.165, 1.54) is 43.5 Å². The fourth-order valence-corrected chi connectivity index (χ4v) is 3.45. The van der Waals surface area contributed by atoms with Gasteiger partial charge in [-0.1, -0.05) is 23.7 Å². The molecule has 0 saturated carbocycles. The molecule has 0 aromatic heterocycles. The van der Waals surface area contributed by atoms with Crippen LogP contribution < -0.4 is 9.46 Å². The summed E-state index contributed by atoms with van der Waals surface area (Å²) in [6, 6.07) is 8.47. The minimum absolute atomic E-state index is 0.0428. The van der Waals surface area contributed by atoms with Gasteiger partial charge in [-0.05, 0) is 36.8 Å². The van der Waals surface area contributed by atoms with E-state index in [0.29, 0.717) is 5.56 Å². The van der Waals surface area contributed by atoms with Crippen LogP contribution in [0, 0.1) is 6.92 Å². The standard InChI is InChI=1S/C15H14ClNO5S/c1-9-7-13(22-2)14(8-11(9)16)23(20,21)17-12-6-4-3-5-10(12)15(18)19/h3-8,17H,1-2H3,(H,18,19). The van der Waals surface area contributed by atoms with Gasteiger partial charge in [-0.2, -0.15) is 0 Å². The number of sulfonamides is 1. The molecule has 8 heteroatoms. The van der Waals surface area contributed by atoms with Crippen LogP contribution in [0.25, 0.3) is 0 Å². The maximum atomic E-state index is 12.6. The molecule has 0 aliphatic carbocycles. The van der Waals surface area contributed by atoms with E-state index < -0.39 is 16.0 Å². The van der Waals surface area contributed by atoms with Gasteiger partial charge in [-0.15, -0.1) is 0 Å². The number of anilines is 1. The molecular weight excluding hydrogens is 342 g/mol. The maximum absolute atomic E-state index is 12.6. The third kappa shape index (κ3) is 3.57. The van der Waals surface area contributed by atoms with Crippen LogP contribution in [0.3, 0.4) is 0 Å². The second-order valence-corrected chi connectivity index (χ2v) is 6.77. The molecule has 0 spiro atoms. The van der Waals surface area contributed by atoms with Crippen LogP contribution in [0.2, 0.25) is 5.02 Å². The van der Waals surface area contributed by atoms with Crippen LogP contribution in [0.1, 0.15) is 15.9 Å². The van der Waals surface area contributed by atoms with Gasteiger partial charge in [0.1, 0.15) is 10.6 Å². The summed E-state index contributed by atoms with van der Waals surface area (Å²) in [6.07, 6.45) is 0. The lowest BCUT2D eigenvalue weighted by atomic mass is 10.2. The first kappa shape index (κ1) is 17.1. The second kappa shape index (κ2) is 6.47. The quantitative estimate of drug-likeness (QED) is 0.859. The normalized spacial score (nSPS) is 11.1. The number of hydrogen-bond acceptors (Lipinski definition) is 4. The number of aryl methyl sites for hydroxylation is 1. The smallest absolute Gasteiger partial charge is 0.337 e. The Labute approximate surface area is 138 Å². The van der Waals surface area contributed by atoms with Gasteiger partial charge in [-0.3, -0.25) is 4.72 Å². The van der Waals surface area contributed by atoms with Gasteiger partial charge >= 0.3 is 5.97 Å². The number of nitrogens with one attached hydrogen (secondary N) is 1. The minimum atomic E-state index is -4.07. The van der Waals surface area contributed by atoms with Crippen molar-refractivity contribution in [2.24, 2.45) is 0 Å². The molecule has 0 unspecified atom stereocenters. The molecule has 6 nitrogen and oxygen atoms in total. The molecule has 0 aliphatic heterocycles. The first-order valence-electron chi connectivity index (χ1n) is 6.45. The predicted octanol–water partition coefficient (Wildman–Crippen LogP) is 3.16. The van der Waals surface area contributed by atoms with Gasteiger partial charge in [0.2, 0.25) is 0 Å². The first-order chi connectivity index (χ1) is 10.8. The highest BCUT2D eigenvalue weighted by Crippen LogP contribution is 2.31. The van der Waals surface area contributed by atoms with Crippen molar-refractivity contribution >= 4 is 33.3 Å². The van der Waals surface area contributed by atoms with Crippen molar-refractivity contribution in [2.75, 3.05) is 11.8 Å². The number of benzene rings is 2. The Morgan fingerprint density at radius 3 is 2.52 bits per heavy atom. The zero-order valence-corrected chi connectivity index (χ0v) is 13.9. The number of para-hydroxylation sites is 1. The SMILES string of the molecule is COc1cc(C)c(Cl)cc1S(=O)(=O)Nc1ccccc1C(=O)O. The summed E-state index contributed by atoms with van der Waals surface area (Å²) in [4.78, 5) is 11.0. The highest BCUT2D eigenvalue weighted by atomic mass is 35.5. The average Bonchev–Trinajstić information content (AvgIpc) is 2.49. The lowest BCUT2D eigenvalue weighted by Gasteiger charge is -2.14. The van der Waals surface area contributed by atoms with E-state index in [9.17, 15) is 13.2 Å². The highest BCUT2D eigenvalue weighted by molar-refractivity contribution is 7.92. The van der Waals surface area contributed by atoms with E-state index in [1.54, 1.807) is 6.92 Å². The summed E-state index contributed by atoms with van der Waals surface area (Å²) in [7, 11) is -2.73. The van der Waals surface area contributed by atoms with Gasteiger partial charge in [0.25, 0.3) is 10.0 Å². The Bertz CT molecular complexity index is 864. The number of carbonyl (C=O) groups is 1. The fraction of sp³-hybridized carbons (Fsp3) is 0.133. The van der Waals surface area contributed by atoms with Crippen LogP contribution in [0.15, 0.2) is 41.3 Å². The molecule has 122 valence electrons. The monoisotopic (exact) mass is 355 g/mol. The van der Waals surface area contributed by atoms with Crippen LogP contribution >= 0.6 is 11.6 Å². The van der Waals surface area contributed by atoms with Crippen LogP contribution in [-0.2, 0) is 10.0 Å². The fourth-order valence-electron chi connectivity index (χ4n) is 1.96. The number of aromatic carboxylic acids is 1. The Kier molecular flexibility index (Phi) is 4.82. The van der Waals surface area contributed by atoms with Crippen molar-refractivity contribution in [1.29, 1.82) is 0 Å². The first-order valence-corrected chi connectivity index (χ1v) is 8.31. The summed E-state index contributed by atoms with van der Waals surface area (Å²) in [6.45, 7) is 1.72. The predicted molar refractivity (Wildman–Crippen MR) is 87.0 cm³/mol. The molecule has 23 heavy (non-hydrogen) atoms. The third-order valence-corrected chi connectivity index (χ3v) is 4.93. The Balaban J connectivity index is 2.53. The van der Waals surface area contributed by atoms with Crippen molar-refractivity contribution in [2.45, 2.75) is 11.8 Å². The second-order valence-electron chi connectivity index (χ2n) is 4.71. The third-order valence-electron chi connectivity index (χ3n) is 3.14. The van der Waals surface area contributed by atoms with Gasteiger partial charge in [0.15, 0.2) is 0 Å². The number of halogens is 1. The molecule has 0 fully saturated rings. The molecule has 0 saturated heterocycles. The van der Waals surface area contributed by atoms with Gasteiger partial charge in [-0.25, -0.2) is 13.2 Å². The molecule has 0 heterocycles. The molecule has 0 aliphatic rings. The largest absolute Gasteiger partial charge is 0.495 e. The summed E-state index contributed by atoms with van der Waals surface area (Å²) in [5.41, 5.74) is 0.459. The lowest BCUT2D eigenvalue weighted by Crippen LogP contribution is -2.16. The van der Waals surface area contributed by atoms with E-state index in [4.69, 9.17) is 21.4 Å². The molecule has 0 amide bonds. The van der Waals surface area contributed by atoms with E-state index in [1.807, 2.05) is 0 Å². The number of methoxy groups -OCH3 is 1. The number of carboxylic acid groups (broad SMARTS) is 1. The van der Waals surface area contributed by atoms with Crippen LogP contribution in [-0.4, -0.2) is 26.6 Å². The molecule has 2 N–H and O–H groups in total. The van der Waals surface area contributed by atoms with Crippen LogP contribution in [0.4, 0.5) is 5.69 Å². The topological polar surface area (TPSA) is 92.7 Å². The summed E-state index contributed by atoms with van der Waals surface area (Å²) in [5.74, 6) is -1.12. The molecular formula is C15H14ClNO5S. The van der Waals surface area contributed by atoms with E-state index in [2.05, 4.69) is 4.72 Å². The molecule has 2 aromatic rings. The zero-order valence-electron chi connectivity index (χ0n) is 12.3. The van der Waals surface area contributed by atoms with Crippen molar-refractivity contribution < 1.29 is 23.1 Å². The van der Waals surface area contributed by atoms with Gasteiger partial charge < -0.3 is 9.84 Å². The van der Waals surface area contributed by atoms with Crippen molar-refractivity contribution in [3.8, 4) is 5.75 Å². The van der Waals surface area contributed by atoms with Gasteiger partial charge in [0.05, 0.1) is 18.4 Å². The minimum Gasteiger partial charge on any atom is -0.495 e. The lowest BCUT2D eigenvalue weighted by molar-refractivity contribution is 0.0698. The van der Waals surface area contributed by atoms with E-state index in [0.717, 1.165) is 0 Å². The Hall–Kier alpha value is -2.25. The number of carboxylic acids is 1. The molecule has 0 radical (unpaired) electrons. The summed E-state index contributed by atoms with van der Waals surface area (Å²) < 4.78 is 32.5. The summed E-state index contributed by atoms with van der Waals surface area (Å²) >= 11 is 5.99. The molecule has 2 rings (SSSR count).